The molecule has 0 atom stereocenters. The van der Waals surface area contributed by atoms with Crippen molar-refractivity contribution in [3.8, 4) is 11.3 Å². The highest BCUT2D eigenvalue weighted by Crippen LogP contribution is 2.30. The number of benzene rings is 1. The van der Waals surface area contributed by atoms with E-state index in [2.05, 4.69) is 15.1 Å². The van der Waals surface area contributed by atoms with Gasteiger partial charge in [-0.05, 0) is 55.3 Å². The minimum Gasteiger partial charge on any atom is -0.467 e. The molecule has 3 heterocycles. The minimum atomic E-state index is -0.0484. The topological polar surface area (TPSA) is 82.8 Å². The Morgan fingerprint density at radius 1 is 1.03 bits per heavy atom. The Morgan fingerprint density at radius 3 is 2.44 bits per heavy atom. The van der Waals surface area contributed by atoms with Gasteiger partial charge in [0.2, 0.25) is 11.8 Å². The summed E-state index contributed by atoms with van der Waals surface area (Å²) in [5, 5.41) is 9.81. The molecule has 1 saturated carbocycles. The van der Waals surface area contributed by atoms with E-state index < -0.39 is 0 Å². The van der Waals surface area contributed by atoms with Crippen LogP contribution in [0.2, 0.25) is 10.0 Å². The molecule has 1 aromatic carbocycles. The molecule has 0 unspecified atom stereocenters. The molecule has 1 aliphatic carbocycles. The number of halogens is 2. The molecule has 0 N–H and O–H groups in total. The van der Waals surface area contributed by atoms with Gasteiger partial charge in [0, 0.05) is 42.7 Å². The van der Waals surface area contributed by atoms with Gasteiger partial charge in [0.1, 0.15) is 12.3 Å². The molecule has 5 rings (SSSR count). The van der Waals surface area contributed by atoms with Crippen LogP contribution in [0.5, 0.6) is 0 Å². The van der Waals surface area contributed by atoms with Gasteiger partial charge in [0.05, 0.1) is 23.5 Å². The fourth-order valence-corrected chi connectivity index (χ4v) is 5.00. The number of amides is 2. The van der Waals surface area contributed by atoms with E-state index in [4.69, 9.17) is 27.6 Å². The number of carbonyl (C=O) groups is 2. The van der Waals surface area contributed by atoms with Crippen molar-refractivity contribution in [2.45, 2.75) is 25.8 Å². The van der Waals surface area contributed by atoms with E-state index in [1.807, 2.05) is 29.2 Å². The second kappa shape index (κ2) is 10.9. The van der Waals surface area contributed by atoms with E-state index in [1.165, 1.54) is 0 Å². The number of hydrogen-bond acceptors (Lipinski definition) is 6. The van der Waals surface area contributed by atoms with Gasteiger partial charge in [-0.3, -0.25) is 9.59 Å². The van der Waals surface area contributed by atoms with E-state index in [1.54, 1.807) is 29.4 Å². The highest BCUT2D eigenvalue weighted by molar-refractivity contribution is 6.36. The summed E-state index contributed by atoms with van der Waals surface area (Å²) in [5.41, 5.74) is 1.44. The lowest BCUT2D eigenvalue weighted by Gasteiger charge is -2.37. The number of rotatable bonds is 7. The summed E-state index contributed by atoms with van der Waals surface area (Å²) in [7, 11) is 0. The van der Waals surface area contributed by atoms with Crippen LogP contribution in [0.3, 0.4) is 0 Å². The molecular formula is C26H27Cl2N5O3. The molecule has 1 aliphatic heterocycles. The lowest BCUT2D eigenvalue weighted by atomic mass is 9.84. The summed E-state index contributed by atoms with van der Waals surface area (Å²) < 4.78 is 5.43. The maximum atomic E-state index is 13.1. The highest BCUT2D eigenvalue weighted by Gasteiger charge is 2.32. The van der Waals surface area contributed by atoms with Crippen molar-refractivity contribution >= 4 is 40.8 Å². The van der Waals surface area contributed by atoms with Crippen LogP contribution in [0, 0.1) is 5.92 Å². The summed E-state index contributed by atoms with van der Waals surface area (Å²) in [4.78, 5) is 31.6. The summed E-state index contributed by atoms with van der Waals surface area (Å²) in [6.45, 7) is 2.75. The molecule has 2 aliphatic rings. The Kier molecular flexibility index (Phi) is 7.43. The van der Waals surface area contributed by atoms with Crippen LogP contribution < -0.4 is 4.90 Å². The maximum absolute atomic E-state index is 13.1. The normalized spacial score (nSPS) is 16.1. The predicted octanol–water partition coefficient (Wildman–Crippen LogP) is 4.52. The summed E-state index contributed by atoms with van der Waals surface area (Å²) >= 11 is 12.3. The van der Waals surface area contributed by atoms with E-state index in [-0.39, 0.29) is 24.3 Å². The van der Waals surface area contributed by atoms with Gasteiger partial charge < -0.3 is 19.1 Å². The predicted molar refractivity (Wildman–Crippen MR) is 138 cm³/mol. The zero-order valence-corrected chi connectivity index (χ0v) is 21.3. The van der Waals surface area contributed by atoms with Gasteiger partial charge in [-0.1, -0.05) is 29.6 Å². The number of aromatic nitrogens is 2. The van der Waals surface area contributed by atoms with Crippen molar-refractivity contribution in [1.82, 2.24) is 20.0 Å². The monoisotopic (exact) mass is 527 g/mol. The zero-order valence-electron chi connectivity index (χ0n) is 19.8. The first-order chi connectivity index (χ1) is 17.5. The van der Waals surface area contributed by atoms with E-state index in [9.17, 15) is 9.59 Å². The van der Waals surface area contributed by atoms with E-state index in [0.717, 1.165) is 30.6 Å². The van der Waals surface area contributed by atoms with Gasteiger partial charge in [0.15, 0.2) is 5.82 Å². The third-order valence-electron chi connectivity index (χ3n) is 6.83. The Morgan fingerprint density at radius 2 is 1.83 bits per heavy atom. The molecule has 3 aromatic rings. The average Bonchev–Trinajstić information content (AvgIpc) is 3.36. The van der Waals surface area contributed by atoms with Crippen molar-refractivity contribution in [3.05, 3.63) is 64.5 Å². The van der Waals surface area contributed by atoms with E-state index in [0.29, 0.717) is 54.2 Å². The lowest BCUT2D eigenvalue weighted by molar-refractivity contribution is -0.145. The second-order valence-electron chi connectivity index (χ2n) is 9.17. The number of carbonyl (C=O) groups excluding carboxylic acids is 2. The SMILES string of the molecule is O=C(CN(Cc1ccco1)C(=O)C1CCC1)N1CCN(c2ccc(-c3ccc(Cl)cc3Cl)nn2)CC1. The minimum absolute atomic E-state index is 0.0221. The third-order valence-corrected chi connectivity index (χ3v) is 7.38. The molecule has 2 amide bonds. The van der Waals surface area contributed by atoms with E-state index >= 15 is 0 Å². The smallest absolute Gasteiger partial charge is 0.242 e. The van der Waals surface area contributed by atoms with Crippen molar-refractivity contribution < 1.29 is 14.0 Å². The van der Waals surface area contributed by atoms with Crippen LogP contribution in [0.1, 0.15) is 25.0 Å². The van der Waals surface area contributed by atoms with Crippen LogP contribution in [-0.4, -0.2) is 64.5 Å². The quantitative estimate of drug-likeness (QED) is 0.449. The number of piperazine rings is 1. The number of hydrogen-bond donors (Lipinski definition) is 0. The Hall–Kier alpha value is -3.10. The number of anilines is 1. The van der Waals surface area contributed by atoms with Gasteiger partial charge in [-0.2, -0.15) is 0 Å². The van der Waals surface area contributed by atoms with Gasteiger partial charge in [-0.15, -0.1) is 10.2 Å². The highest BCUT2D eigenvalue weighted by atomic mass is 35.5. The largest absolute Gasteiger partial charge is 0.467 e. The van der Waals surface area contributed by atoms with Crippen molar-refractivity contribution in [1.29, 1.82) is 0 Å². The number of nitrogens with zero attached hydrogens (tertiary/aromatic N) is 5. The maximum Gasteiger partial charge on any atom is 0.242 e. The average molecular weight is 528 g/mol. The fraction of sp³-hybridized carbons (Fsp3) is 0.385. The zero-order chi connectivity index (χ0) is 25.1. The van der Waals surface area contributed by atoms with Gasteiger partial charge in [-0.25, -0.2) is 0 Å². The molecule has 188 valence electrons. The first-order valence-electron chi connectivity index (χ1n) is 12.1. The first-order valence-corrected chi connectivity index (χ1v) is 12.9. The van der Waals surface area contributed by atoms with Crippen LogP contribution >= 0.6 is 23.2 Å². The molecule has 2 aromatic heterocycles. The lowest BCUT2D eigenvalue weighted by Crippen LogP contribution is -2.52. The Labute approximate surface area is 219 Å². The molecule has 0 bridgehead atoms. The second-order valence-corrected chi connectivity index (χ2v) is 10.0. The first kappa shape index (κ1) is 24.6. The molecule has 0 spiro atoms. The molecule has 1 saturated heterocycles. The van der Waals surface area contributed by atoms with Crippen LogP contribution in [0.25, 0.3) is 11.3 Å². The Balaban J connectivity index is 1.18. The molecule has 8 nitrogen and oxygen atoms in total. The molecule has 2 fully saturated rings. The summed E-state index contributed by atoms with van der Waals surface area (Å²) in [6.07, 6.45) is 4.44. The van der Waals surface area contributed by atoms with Gasteiger partial charge >= 0.3 is 0 Å². The fourth-order valence-electron chi connectivity index (χ4n) is 4.50. The molecule has 0 radical (unpaired) electrons. The molecule has 36 heavy (non-hydrogen) atoms. The van der Waals surface area contributed by atoms with Crippen LogP contribution in [0.15, 0.2) is 53.1 Å². The Bertz CT molecular complexity index is 1210. The van der Waals surface area contributed by atoms with Crippen LogP contribution in [-0.2, 0) is 16.1 Å². The summed E-state index contributed by atoms with van der Waals surface area (Å²) in [5.74, 6) is 1.44. The van der Waals surface area contributed by atoms with Crippen molar-refractivity contribution in [2.24, 2.45) is 5.92 Å². The van der Waals surface area contributed by atoms with Gasteiger partial charge in [0.25, 0.3) is 0 Å². The van der Waals surface area contributed by atoms with Crippen molar-refractivity contribution in [2.75, 3.05) is 37.6 Å². The molecule has 10 heteroatoms. The van der Waals surface area contributed by atoms with Crippen LogP contribution in [0.4, 0.5) is 5.82 Å². The number of furan rings is 1. The molecular weight excluding hydrogens is 501 g/mol. The standard InChI is InChI=1S/C26H27Cl2N5O3/c27-19-6-7-21(22(28)15-19)23-8-9-24(30-29-23)31-10-12-32(13-11-31)25(34)17-33(16-20-5-2-14-36-20)26(35)18-3-1-4-18/h2,5-9,14-15,18H,1,3-4,10-13,16-17H2. The summed E-state index contributed by atoms with van der Waals surface area (Å²) in [6, 6.07) is 12.7. The third kappa shape index (κ3) is 5.50. The van der Waals surface area contributed by atoms with Crippen molar-refractivity contribution in [3.63, 3.8) is 0 Å².